The van der Waals surface area contributed by atoms with Gasteiger partial charge in [0.05, 0.1) is 15.7 Å². The molecule has 5 nitrogen and oxygen atoms in total. The third-order valence-corrected chi connectivity index (χ3v) is 3.32. The molecule has 0 saturated carbocycles. The molecular formula is C10H11NO4S. The molecule has 0 spiro atoms. The van der Waals surface area contributed by atoms with Crippen LogP contribution in [-0.2, 0) is 15.6 Å². The van der Waals surface area contributed by atoms with E-state index in [-0.39, 0.29) is 23.6 Å². The lowest BCUT2D eigenvalue weighted by atomic mass is 10.3. The average molecular weight is 241 g/mol. The Kier molecular flexibility index (Phi) is 4.30. The van der Waals surface area contributed by atoms with Crippen molar-refractivity contribution in [1.82, 2.24) is 0 Å². The SMILES string of the molecule is CC(=O)CCS(=O)c1ccc([N+](=O)[O-])cc1. The minimum Gasteiger partial charge on any atom is -0.300 e. The number of Topliss-reactive ketones (excluding diaryl/α,β-unsaturated/α-hetero) is 1. The van der Waals surface area contributed by atoms with Crippen molar-refractivity contribution in [3.63, 3.8) is 0 Å². The van der Waals surface area contributed by atoms with E-state index in [0.29, 0.717) is 4.90 Å². The molecule has 0 aliphatic rings. The van der Waals surface area contributed by atoms with Gasteiger partial charge in [0, 0.05) is 29.2 Å². The molecule has 0 bridgehead atoms. The van der Waals surface area contributed by atoms with E-state index in [9.17, 15) is 19.1 Å². The number of nitro benzene ring substituents is 1. The first-order chi connectivity index (χ1) is 7.50. The number of nitrogens with zero attached hydrogens (tertiary/aromatic N) is 1. The Balaban J connectivity index is 2.70. The Morgan fingerprint density at radius 1 is 1.38 bits per heavy atom. The molecule has 6 heteroatoms. The van der Waals surface area contributed by atoms with E-state index in [1.54, 1.807) is 0 Å². The molecule has 0 amide bonds. The topological polar surface area (TPSA) is 77.3 Å². The third kappa shape index (κ3) is 3.54. The number of hydrogen-bond donors (Lipinski definition) is 0. The van der Waals surface area contributed by atoms with Crippen LogP contribution in [0.5, 0.6) is 0 Å². The molecule has 1 unspecified atom stereocenters. The van der Waals surface area contributed by atoms with E-state index >= 15 is 0 Å². The number of rotatable bonds is 5. The summed E-state index contributed by atoms with van der Waals surface area (Å²) >= 11 is 0. The second-order valence-corrected chi connectivity index (χ2v) is 4.82. The molecule has 1 aromatic rings. The van der Waals surface area contributed by atoms with Gasteiger partial charge in [-0.15, -0.1) is 0 Å². The van der Waals surface area contributed by atoms with Crippen molar-refractivity contribution < 1.29 is 13.9 Å². The Labute approximate surface area is 95.1 Å². The van der Waals surface area contributed by atoms with Crippen LogP contribution in [0.4, 0.5) is 5.69 Å². The Morgan fingerprint density at radius 3 is 2.38 bits per heavy atom. The highest BCUT2D eigenvalue weighted by Crippen LogP contribution is 2.15. The van der Waals surface area contributed by atoms with Crippen LogP contribution in [0, 0.1) is 10.1 Å². The molecule has 0 saturated heterocycles. The van der Waals surface area contributed by atoms with E-state index in [2.05, 4.69) is 0 Å². The number of benzene rings is 1. The molecule has 1 aromatic carbocycles. The Morgan fingerprint density at radius 2 is 1.94 bits per heavy atom. The second kappa shape index (κ2) is 5.50. The van der Waals surface area contributed by atoms with Crippen molar-refractivity contribution in [3.05, 3.63) is 34.4 Å². The fourth-order valence-corrected chi connectivity index (χ4v) is 2.22. The molecule has 1 atom stereocenters. The number of non-ortho nitro benzene ring substituents is 1. The number of nitro groups is 1. The molecule has 0 radical (unpaired) electrons. The number of hydrogen-bond acceptors (Lipinski definition) is 4. The fourth-order valence-electron chi connectivity index (χ4n) is 1.07. The first-order valence-corrected chi connectivity index (χ1v) is 5.95. The van der Waals surface area contributed by atoms with Crippen molar-refractivity contribution in [1.29, 1.82) is 0 Å². The van der Waals surface area contributed by atoms with Crippen molar-refractivity contribution in [3.8, 4) is 0 Å². The van der Waals surface area contributed by atoms with Crippen LogP contribution >= 0.6 is 0 Å². The summed E-state index contributed by atoms with van der Waals surface area (Å²) in [6.07, 6.45) is 0.254. The monoisotopic (exact) mass is 241 g/mol. The molecule has 0 aliphatic carbocycles. The van der Waals surface area contributed by atoms with E-state index in [4.69, 9.17) is 0 Å². The van der Waals surface area contributed by atoms with Crippen LogP contribution in [-0.4, -0.2) is 20.7 Å². The van der Waals surface area contributed by atoms with Crippen molar-refractivity contribution in [2.75, 3.05) is 5.75 Å². The minimum atomic E-state index is -1.27. The second-order valence-electron chi connectivity index (χ2n) is 3.25. The summed E-state index contributed by atoms with van der Waals surface area (Å²) < 4.78 is 11.6. The van der Waals surface area contributed by atoms with Gasteiger partial charge in [0.2, 0.25) is 0 Å². The van der Waals surface area contributed by atoms with Crippen LogP contribution in [0.1, 0.15) is 13.3 Å². The first kappa shape index (κ1) is 12.5. The number of carbonyl (C=O) groups excluding carboxylic acids is 1. The first-order valence-electron chi connectivity index (χ1n) is 4.63. The summed E-state index contributed by atoms with van der Waals surface area (Å²) in [7, 11) is -1.27. The molecule has 0 aromatic heterocycles. The molecule has 0 heterocycles. The van der Waals surface area contributed by atoms with Crippen LogP contribution in [0.2, 0.25) is 0 Å². The standard InChI is InChI=1S/C10H11NO4S/c1-8(12)6-7-16(15)10-4-2-9(3-5-10)11(13)14/h2-5H,6-7H2,1H3. The maximum Gasteiger partial charge on any atom is 0.269 e. The predicted octanol–water partition coefficient (Wildman–Crippen LogP) is 1.68. The summed E-state index contributed by atoms with van der Waals surface area (Å²) in [6.45, 7) is 1.44. The smallest absolute Gasteiger partial charge is 0.269 e. The zero-order valence-corrected chi connectivity index (χ0v) is 9.53. The molecule has 86 valence electrons. The van der Waals surface area contributed by atoms with Gasteiger partial charge in [0.15, 0.2) is 0 Å². The number of carbonyl (C=O) groups is 1. The maximum absolute atomic E-state index is 11.6. The molecule has 16 heavy (non-hydrogen) atoms. The molecule has 0 aliphatic heterocycles. The highest BCUT2D eigenvalue weighted by atomic mass is 32.2. The molecule has 0 fully saturated rings. The lowest BCUT2D eigenvalue weighted by molar-refractivity contribution is -0.384. The Bertz CT molecular complexity index is 427. The number of ketones is 1. The van der Waals surface area contributed by atoms with Crippen molar-refractivity contribution >= 4 is 22.3 Å². The van der Waals surface area contributed by atoms with E-state index < -0.39 is 15.7 Å². The van der Waals surface area contributed by atoms with Gasteiger partial charge < -0.3 is 0 Å². The van der Waals surface area contributed by atoms with Gasteiger partial charge >= 0.3 is 0 Å². The Hall–Kier alpha value is -1.56. The normalized spacial score (nSPS) is 12.1. The summed E-state index contributed by atoms with van der Waals surface area (Å²) in [5.41, 5.74) is -0.0349. The van der Waals surface area contributed by atoms with E-state index in [1.807, 2.05) is 0 Å². The largest absolute Gasteiger partial charge is 0.300 e. The molecule has 1 rings (SSSR count). The van der Waals surface area contributed by atoms with Crippen LogP contribution in [0.15, 0.2) is 29.2 Å². The molecule has 0 N–H and O–H groups in total. The highest BCUT2D eigenvalue weighted by molar-refractivity contribution is 7.85. The van der Waals surface area contributed by atoms with Gasteiger partial charge in [-0.2, -0.15) is 0 Å². The van der Waals surface area contributed by atoms with E-state index in [1.165, 1.54) is 31.2 Å². The van der Waals surface area contributed by atoms with Gasteiger partial charge in [-0.1, -0.05) is 0 Å². The lowest BCUT2D eigenvalue weighted by Gasteiger charge is -2.00. The summed E-state index contributed by atoms with van der Waals surface area (Å²) in [4.78, 5) is 21.1. The summed E-state index contributed by atoms with van der Waals surface area (Å²) in [6, 6.07) is 5.52. The van der Waals surface area contributed by atoms with Crippen LogP contribution in [0.25, 0.3) is 0 Å². The fraction of sp³-hybridized carbons (Fsp3) is 0.300. The van der Waals surface area contributed by atoms with Crippen LogP contribution < -0.4 is 0 Å². The van der Waals surface area contributed by atoms with E-state index in [0.717, 1.165) is 0 Å². The summed E-state index contributed by atoms with van der Waals surface area (Å²) in [5.74, 6) is 0.239. The average Bonchev–Trinajstić information content (AvgIpc) is 2.26. The minimum absolute atomic E-state index is 0.0183. The van der Waals surface area contributed by atoms with Gasteiger partial charge in [0.25, 0.3) is 5.69 Å². The third-order valence-electron chi connectivity index (χ3n) is 1.95. The zero-order valence-electron chi connectivity index (χ0n) is 8.71. The quantitative estimate of drug-likeness (QED) is 0.580. The van der Waals surface area contributed by atoms with Gasteiger partial charge in [-0.25, -0.2) is 0 Å². The maximum atomic E-state index is 11.6. The van der Waals surface area contributed by atoms with Gasteiger partial charge in [-0.3, -0.25) is 19.1 Å². The lowest BCUT2D eigenvalue weighted by Crippen LogP contribution is -2.02. The van der Waals surface area contributed by atoms with Gasteiger partial charge in [-0.05, 0) is 19.1 Å². The van der Waals surface area contributed by atoms with Crippen LogP contribution in [0.3, 0.4) is 0 Å². The summed E-state index contributed by atoms with van der Waals surface area (Å²) in [5, 5.41) is 10.4. The molecular weight excluding hydrogens is 230 g/mol. The van der Waals surface area contributed by atoms with Crippen molar-refractivity contribution in [2.24, 2.45) is 0 Å². The van der Waals surface area contributed by atoms with Gasteiger partial charge in [0.1, 0.15) is 5.78 Å². The highest BCUT2D eigenvalue weighted by Gasteiger charge is 2.08. The van der Waals surface area contributed by atoms with Crippen molar-refractivity contribution in [2.45, 2.75) is 18.2 Å². The predicted molar refractivity (Wildman–Crippen MR) is 59.7 cm³/mol. The zero-order chi connectivity index (χ0) is 12.1.